The number of esters is 1. The fraction of sp³-hybridized carbons (Fsp3) is 0.400. The normalized spacial score (nSPS) is 14.7. The number of methoxy groups -OCH3 is 1. The van der Waals surface area contributed by atoms with Gasteiger partial charge in [-0.3, -0.25) is 4.79 Å². The first kappa shape index (κ1) is 14.5. The lowest BCUT2D eigenvalue weighted by Crippen LogP contribution is -2.42. The molecule has 0 aliphatic rings. The van der Waals surface area contributed by atoms with Crippen LogP contribution in [0.25, 0.3) is 0 Å². The van der Waals surface area contributed by atoms with Crippen LogP contribution in [0.1, 0.15) is 19.4 Å². The van der Waals surface area contributed by atoms with Crippen LogP contribution in [0, 0.1) is 5.92 Å². The first-order valence-corrected chi connectivity index (χ1v) is 5.89. The van der Waals surface area contributed by atoms with Gasteiger partial charge in [0.2, 0.25) is 0 Å². The SMILES string of the molecule is C=C[C@@H](C(=O)OC)[C@H](O)C(C)(C)c1ccccc1. The molecule has 0 aliphatic heterocycles. The minimum Gasteiger partial charge on any atom is -0.468 e. The first-order chi connectivity index (χ1) is 8.45. The van der Waals surface area contributed by atoms with Crippen molar-refractivity contribution < 1.29 is 14.6 Å². The summed E-state index contributed by atoms with van der Waals surface area (Å²) in [5.74, 6) is -1.20. The summed E-state index contributed by atoms with van der Waals surface area (Å²) in [5, 5.41) is 10.4. The molecule has 0 bridgehead atoms. The lowest BCUT2D eigenvalue weighted by atomic mass is 9.74. The van der Waals surface area contributed by atoms with Crippen LogP contribution in [0.5, 0.6) is 0 Å². The number of carbonyl (C=O) groups is 1. The first-order valence-electron chi connectivity index (χ1n) is 5.89. The van der Waals surface area contributed by atoms with Gasteiger partial charge < -0.3 is 9.84 Å². The molecule has 1 N–H and O–H groups in total. The summed E-state index contributed by atoms with van der Waals surface area (Å²) in [7, 11) is 1.31. The Morgan fingerprint density at radius 3 is 2.39 bits per heavy atom. The van der Waals surface area contributed by atoms with Crippen molar-refractivity contribution >= 4 is 5.97 Å². The Hall–Kier alpha value is -1.61. The standard InChI is InChI=1S/C15H20O3/c1-5-12(14(17)18-4)13(16)15(2,3)11-9-7-6-8-10-11/h5-10,12-13,16H,1H2,2-4H3/t12-,13+/m1/s1. The fourth-order valence-corrected chi connectivity index (χ4v) is 1.98. The van der Waals surface area contributed by atoms with Gasteiger partial charge in [0.15, 0.2) is 0 Å². The molecule has 0 unspecified atom stereocenters. The van der Waals surface area contributed by atoms with E-state index in [1.807, 2.05) is 44.2 Å². The highest BCUT2D eigenvalue weighted by Gasteiger charge is 2.38. The van der Waals surface area contributed by atoms with Gasteiger partial charge in [-0.05, 0) is 5.56 Å². The third-order valence-corrected chi connectivity index (χ3v) is 3.32. The van der Waals surface area contributed by atoms with Crippen molar-refractivity contribution in [3.8, 4) is 0 Å². The van der Waals surface area contributed by atoms with Crippen molar-refractivity contribution in [1.82, 2.24) is 0 Å². The van der Waals surface area contributed by atoms with E-state index in [0.717, 1.165) is 5.56 Å². The topological polar surface area (TPSA) is 46.5 Å². The predicted octanol–water partition coefficient (Wildman–Crippen LogP) is 2.30. The molecule has 1 aromatic carbocycles. The zero-order valence-electron chi connectivity index (χ0n) is 11.1. The second-order valence-corrected chi connectivity index (χ2v) is 4.82. The van der Waals surface area contributed by atoms with Crippen molar-refractivity contribution in [1.29, 1.82) is 0 Å². The summed E-state index contributed by atoms with van der Waals surface area (Å²) in [5.41, 5.74) is 0.405. The van der Waals surface area contributed by atoms with Crippen molar-refractivity contribution in [3.05, 3.63) is 48.6 Å². The second kappa shape index (κ2) is 5.83. The van der Waals surface area contributed by atoms with Gasteiger partial charge in [-0.15, -0.1) is 6.58 Å². The molecule has 0 saturated heterocycles. The molecule has 98 valence electrons. The lowest BCUT2D eigenvalue weighted by Gasteiger charge is -2.34. The Bertz CT molecular complexity index is 409. The number of carbonyl (C=O) groups excluding carboxylic acids is 1. The van der Waals surface area contributed by atoms with Crippen LogP contribution in [0.15, 0.2) is 43.0 Å². The largest absolute Gasteiger partial charge is 0.468 e. The molecule has 18 heavy (non-hydrogen) atoms. The maximum Gasteiger partial charge on any atom is 0.315 e. The van der Waals surface area contributed by atoms with Gasteiger partial charge in [0.05, 0.1) is 13.2 Å². The van der Waals surface area contributed by atoms with E-state index in [9.17, 15) is 9.90 Å². The van der Waals surface area contributed by atoms with Crippen LogP contribution < -0.4 is 0 Å². The number of benzene rings is 1. The molecule has 1 aromatic rings. The molecule has 0 spiro atoms. The third kappa shape index (κ3) is 2.79. The molecular weight excluding hydrogens is 228 g/mol. The molecule has 0 amide bonds. The second-order valence-electron chi connectivity index (χ2n) is 4.82. The zero-order valence-corrected chi connectivity index (χ0v) is 11.1. The molecule has 0 heterocycles. The van der Waals surface area contributed by atoms with E-state index in [0.29, 0.717) is 0 Å². The number of aliphatic hydroxyl groups excluding tert-OH is 1. The predicted molar refractivity (Wildman–Crippen MR) is 71.2 cm³/mol. The maximum atomic E-state index is 11.6. The maximum absolute atomic E-state index is 11.6. The Morgan fingerprint density at radius 2 is 1.94 bits per heavy atom. The average Bonchev–Trinajstić information content (AvgIpc) is 2.40. The van der Waals surface area contributed by atoms with Crippen molar-refractivity contribution in [3.63, 3.8) is 0 Å². The molecule has 2 atom stereocenters. The van der Waals surface area contributed by atoms with E-state index in [2.05, 4.69) is 11.3 Å². The molecular formula is C15H20O3. The van der Waals surface area contributed by atoms with Gasteiger partial charge >= 0.3 is 5.97 Å². The summed E-state index contributed by atoms with van der Waals surface area (Å²) in [4.78, 5) is 11.6. The van der Waals surface area contributed by atoms with Gasteiger partial charge in [0.25, 0.3) is 0 Å². The van der Waals surface area contributed by atoms with E-state index < -0.39 is 23.4 Å². The minimum absolute atomic E-state index is 0.471. The van der Waals surface area contributed by atoms with Crippen molar-refractivity contribution in [2.75, 3.05) is 7.11 Å². The van der Waals surface area contributed by atoms with E-state index in [1.165, 1.54) is 13.2 Å². The summed E-state index contributed by atoms with van der Waals surface area (Å²) in [6.45, 7) is 7.39. The van der Waals surface area contributed by atoms with Crippen LogP contribution in [-0.4, -0.2) is 24.3 Å². The lowest BCUT2D eigenvalue weighted by molar-refractivity contribution is -0.148. The van der Waals surface area contributed by atoms with Gasteiger partial charge in [0, 0.05) is 5.41 Å². The molecule has 3 heteroatoms. The Balaban J connectivity index is 3.04. The quantitative estimate of drug-likeness (QED) is 0.642. The molecule has 0 saturated carbocycles. The van der Waals surface area contributed by atoms with Crippen molar-refractivity contribution in [2.45, 2.75) is 25.4 Å². The van der Waals surface area contributed by atoms with Crippen LogP contribution in [0.3, 0.4) is 0 Å². The Labute approximate surface area is 108 Å². The molecule has 0 aromatic heterocycles. The number of hydrogen-bond acceptors (Lipinski definition) is 3. The number of rotatable bonds is 5. The van der Waals surface area contributed by atoms with Gasteiger partial charge in [-0.1, -0.05) is 50.3 Å². The highest BCUT2D eigenvalue weighted by Crippen LogP contribution is 2.31. The molecule has 3 nitrogen and oxygen atoms in total. The molecule has 0 fully saturated rings. The van der Waals surface area contributed by atoms with Gasteiger partial charge in [-0.2, -0.15) is 0 Å². The third-order valence-electron chi connectivity index (χ3n) is 3.32. The minimum atomic E-state index is -0.884. The van der Waals surface area contributed by atoms with Crippen LogP contribution >= 0.6 is 0 Å². The van der Waals surface area contributed by atoms with E-state index >= 15 is 0 Å². The van der Waals surface area contributed by atoms with Crippen LogP contribution in [0.2, 0.25) is 0 Å². The molecule has 1 rings (SSSR count). The fourth-order valence-electron chi connectivity index (χ4n) is 1.98. The number of ether oxygens (including phenoxy) is 1. The smallest absolute Gasteiger partial charge is 0.315 e. The highest BCUT2D eigenvalue weighted by atomic mass is 16.5. The Morgan fingerprint density at radius 1 is 1.39 bits per heavy atom. The van der Waals surface area contributed by atoms with Gasteiger partial charge in [0.1, 0.15) is 5.92 Å². The summed E-state index contributed by atoms with van der Waals surface area (Å²) >= 11 is 0. The Kier molecular flexibility index (Phi) is 4.68. The van der Waals surface area contributed by atoms with E-state index in [1.54, 1.807) is 0 Å². The highest BCUT2D eigenvalue weighted by molar-refractivity contribution is 5.75. The van der Waals surface area contributed by atoms with Crippen LogP contribution in [-0.2, 0) is 14.9 Å². The average molecular weight is 248 g/mol. The summed E-state index contributed by atoms with van der Waals surface area (Å²) in [6, 6.07) is 9.59. The van der Waals surface area contributed by atoms with E-state index in [4.69, 9.17) is 0 Å². The summed E-state index contributed by atoms with van der Waals surface area (Å²) in [6.07, 6.45) is 0.547. The number of hydrogen-bond donors (Lipinski definition) is 1. The van der Waals surface area contributed by atoms with E-state index in [-0.39, 0.29) is 0 Å². The molecule has 0 radical (unpaired) electrons. The van der Waals surface area contributed by atoms with Crippen molar-refractivity contribution in [2.24, 2.45) is 5.92 Å². The van der Waals surface area contributed by atoms with Crippen LogP contribution in [0.4, 0.5) is 0 Å². The number of aliphatic hydroxyl groups is 1. The summed E-state index contributed by atoms with van der Waals surface area (Å²) < 4.78 is 4.69. The van der Waals surface area contributed by atoms with Gasteiger partial charge in [-0.25, -0.2) is 0 Å². The zero-order chi connectivity index (χ0) is 13.8. The monoisotopic (exact) mass is 248 g/mol. The molecule has 0 aliphatic carbocycles.